The summed E-state index contributed by atoms with van der Waals surface area (Å²) in [5.74, 6) is -0.657. The molecule has 1 aliphatic rings. The molecule has 1 aliphatic heterocycles. The van der Waals surface area contributed by atoms with Crippen LogP contribution < -0.4 is 0 Å². The van der Waals surface area contributed by atoms with Crippen molar-refractivity contribution in [3.05, 3.63) is 83.6 Å². The second-order valence-electron chi connectivity index (χ2n) is 6.04. The lowest BCUT2D eigenvalue weighted by Gasteiger charge is -2.27. The van der Waals surface area contributed by atoms with Gasteiger partial charge < -0.3 is 14.7 Å². The fourth-order valence-electron chi connectivity index (χ4n) is 2.89. The molecule has 0 saturated heterocycles. The van der Waals surface area contributed by atoms with E-state index in [1.807, 2.05) is 25.4 Å². The van der Waals surface area contributed by atoms with Crippen LogP contribution in [0.1, 0.15) is 17.5 Å². The first-order valence-electron chi connectivity index (χ1n) is 8.01. The van der Waals surface area contributed by atoms with Gasteiger partial charge in [0.25, 0.3) is 0 Å². The van der Waals surface area contributed by atoms with Gasteiger partial charge in [0.1, 0.15) is 6.61 Å². The van der Waals surface area contributed by atoms with Gasteiger partial charge >= 0.3 is 5.97 Å². The number of hydrogen-bond acceptors (Lipinski definition) is 4. The van der Waals surface area contributed by atoms with Crippen molar-refractivity contribution in [3.8, 4) is 0 Å². The molecule has 0 radical (unpaired) electrons. The van der Waals surface area contributed by atoms with Gasteiger partial charge in [0.2, 0.25) is 5.60 Å². The molecule has 0 atom stereocenters. The molecule has 2 aromatic carbocycles. The largest absolute Gasteiger partial charge is 0.458 e. The van der Waals surface area contributed by atoms with Crippen molar-refractivity contribution in [1.82, 2.24) is 4.90 Å². The molecular formula is C20H22ClNO3. The number of aliphatic hydroxyl groups is 1. The molecule has 0 amide bonds. The minimum absolute atomic E-state index is 0. The summed E-state index contributed by atoms with van der Waals surface area (Å²) >= 11 is 0. The summed E-state index contributed by atoms with van der Waals surface area (Å²) in [7, 11) is 1.99. The Labute approximate surface area is 154 Å². The topological polar surface area (TPSA) is 49.8 Å². The van der Waals surface area contributed by atoms with Crippen molar-refractivity contribution in [3.63, 3.8) is 0 Å². The summed E-state index contributed by atoms with van der Waals surface area (Å²) in [5, 5.41) is 11.2. The zero-order chi connectivity index (χ0) is 17.0. The van der Waals surface area contributed by atoms with Crippen LogP contribution in [0.25, 0.3) is 0 Å². The molecule has 2 aromatic rings. The average molecular weight is 360 g/mol. The predicted octanol–water partition coefficient (Wildman–Crippen LogP) is 3.11. The fraction of sp³-hybridized carbons (Fsp3) is 0.250. The number of halogens is 1. The van der Waals surface area contributed by atoms with E-state index in [2.05, 4.69) is 4.90 Å². The van der Waals surface area contributed by atoms with E-state index in [4.69, 9.17) is 4.74 Å². The summed E-state index contributed by atoms with van der Waals surface area (Å²) in [6.45, 7) is 1.12. The Balaban J connectivity index is 0.00000225. The number of ether oxygens (including phenoxy) is 1. The van der Waals surface area contributed by atoms with E-state index in [1.54, 1.807) is 48.5 Å². The summed E-state index contributed by atoms with van der Waals surface area (Å²) in [5.41, 5.74) is 0.236. The van der Waals surface area contributed by atoms with Crippen LogP contribution in [-0.4, -0.2) is 36.2 Å². The van der Waals surface area contributed by atoms with Crippen LogP contribution in [0.15, 0.2) is 72.4 Å². The number of nitrogens with zero attached hydrogens (tertiary/aromatic N) is 1. The van der Waals surface area contributed by atoms with E-state index in [0.717, 1.165) is 18.5 Å². The molecule has 1 heterocycles. The second kappa shape index (κ2) is 8.19. The molecule has 0 spiro atoms. The van der Waals surface area contributed by atoms with Crippen LogP contribution in [-0.2, 0) is 15.1 Å². The zero-order valence-corrected chi connectivity index (χ0v) is 14.9. The predicted molar refractivity (Wildman–Crippen MR) is 99.4 cm³/mol. The fourth-order valence-corrected chi connectivity index (χ4v) is 2.89. The van der Waals surface area contributed by atoms with Crippen LogP contribution in [0, 0.1) is 0 Å². The molecule has 0 saturated carbocycles. The van der Waals surface area contributed by atoms with Crippen LogP contribution >= 0.6 is 12.4 Å². The van der Waals surface area contributed by atoms with Crippen molar-refractivity contribution >= 4 is 18.4 Å². The van der Waals surface area contributed by atoms with Gasteiger partial charge in [-0.25, -0.2) is 4.79 Å². The molecule has 1 N–H and O–H groups in total. The third-order valence-corrected chi connectivity index (χ3v) is 4.26. The Kier molecular flexibility index (Phi) is 6.23. The summed E-state index contributed by atoms with van der Waals surface area (Å²) < 4.78 is 5.46. The van der Waals surface area contributed by atoms with Crippen LogP contribution in [0.5, 0.6) is 0 Å². The smallest absolute Gasteiger partial charge is 0.348 e. The van der Waals surface area contributed by atoms with Gasteiger partial charge in [-0.05, 0) is 23.1 Å². The van der Waals surface area contributed by atoms with Crippen LogP contribution in [0.3, 0.4) is 0 Å². The van der Waals surface area contributed by atoms with Gasteiger partial charge in [0.05, 0.1) is 0 Å². The Morgan fingerprint density at radius 1 is 1.08 bits per heavy atom. The molecule has 0 aliphatic carbocycles. The molecule has 0 fully saturated rings. The lowest BCUT2D eigenvalue weighted by atomic mass is 9.86. The zero-order valence-electron chi connectivity index (χ0n) is 14.1. The highest BCUT2D eigenvalue weighted by molar-refractivity contribution is 5.85. The molecular weight excluding hydrogens is 338 g/mol. The summed E-state index contributed by atoms with van der Waals surface area (Å²) in [6.07, 6.45) is 2.86. The molecule has 132 valence electrons. The third kappa shape index (κ3) is 4.03. The summed E-state index contributed by atoms with van der Waals surface area (Å²) in [4.78, 5) is 14.9. The molecule has 25 heavy (non-hydrogen) atoms. The van der Waals surface area contributed by atoms with Crippen molar-refractivity contribution in [2.24, 2.45) is 0 Å². The van der Waals surface area contributed by atoms with Gasteiger partial charge in [-0.3, -0.25) is 0 Å². The molecule has 0 unspecified atom stereocenters. The quantitative estimate of drug-likeness (QED) is 0.833. The van der Waals surface area contributed by atoms with E-state index in [1.165, 1.54) is 0 Å². The molecule has 5 heteroatoms. The average Bonchev–Trinajstić information content (AvgIpc) is 3.05. The molecule has 3 rings (SSSR count). The number of benzene rings is 2. The maximum Gasteiger partial charge on any atom is 0.348 e. The van der Waals surface area contributed by atoms with E-state index < -0.39 is 11.6 Å². The first-order chi connectivity index (χ1) is 11.6. The SMILES string of the molecule is CN1C=C(COC(=O)C(O)(c2ccccc2)c2ccccc2)CC1.Cl. The number of carbonyl (C=O) groups is 1. The summed E-state index contributed by atoms with van der Waals surface area (Å²) in [6, 6.07) is 17.8. The highest BCUT2D eigenvalue weighted by Crippen LogP contribution is 2.31. The lowest BCUT2D eigenvalue weighted by Crippen LogP contribution is -2.38. The highest BCUT2D eigenvalue weighted by Gasteiger charge is 2.41. The van der Waals surface area contributed by atoms with Crippen LogP contribution in [0.2, 0.25) is 0 Å². The van der Waals surface area contributed by atoms with Gasteiger partial charge in [-0.1, -0.05) is 60.7 Å². The highest BCUT2D eigenvalue weighted by atomic mass is 35.5. The maximum absolute atomic E-state index is 12.8. The maximum atomic E-state index is 12.8. The standard InChI is InChI=1S/C20H21NO3.ClH/c1-21-13-12-16(14-21)15-24-19(22)20(23,17-8-4-2-5-9-17)18-10-6-3-7-11-18;/h2-11,14,23H,12-13,15H2,1H3;1H. The van der Waals surface area contributed by atoms with Gasteiger partial charge in [0.15, 0.2) is 0 Å². The molecule has 4 nitrogen and oxygen atoms in total. The first kappa shape index (κ1) is 19.0. The Bertz CT molecular complexity index is 692. The number of rotatable bonds is 5. The number of esters is 1. The minimum atomic E-state index is -1.81. The van der Waals surface area contributed by atoms with Crippen molar-refractivity contribution in [1.29, 1.82) is 0 Å². The van der Waals surface area contributed by atoms with Gasteiger partial charge in [0, 0.05) is 19.8 Å². The number of hydrogen-bond donors (Lipinski definition) is 1. The molecule has 0 aromatic heterocycles. The van der Waals surface area contributed by atoms with Crippen molar-refractivity contribution in [2.45, 2.75) is 12.0 Å². The van der Waals surface area contributed by atoms with Gasteiger partial charge in [-0.15, -0.1) is 12.4 Å². The third-order valence-electron chi connectivity index (χ3n) is 4.26. The van der Waals surface area contributed by atoms with Gasteiger partial charge in [-0.2, -0.15) is 0 Å². The van der Waals surface area contributed by atoms with E-state index in [-0.39, 0.29) is 19.0 Å². The second-order valence-corrected chi connectivity index (χ2v) is 6.04. The van der Waals surface area contributed by atoms with E-state index in [9.17, 15) is 9.90 Å². The Morgan fingerprint density at radius 2 is 1.60 bits per heavy atom. The van der Waals surface area contributed by atoms with Crippen molar-refractivity contribution < 1.29 is 14.6 Å². The monoisotopic (exact) mass is 359 g/mol. The van der Waals surface area contributed by atoms with Crippen molar-refractivity contribution in [2.75, 3.05) is 20.2 Å². The Morgan fingerprint density at radius 3 is 2.04 bits per heavy atom. The first-order valence-corrected chi connectivity index (χ1v) is 8.01. The Hall–Kier alpha value is -2.30. The van der Waals surface area contributed by atoms with Crippen LogP contribution in [0.4, 0.5) is 0 Å². The number of carbonyl (C=O) groups excluding carboxylic acids is 1. The lowest BCUT2D eigenvalue weighted by molar-refractivity contribution is -0.161. The normalized spacial score (nSPS) is 13.8. The minimum Gasteiger partial charge on any atom is -0.458 e. The van der Waals surface area contributed by atoms with E-state index >= 15 is 0 Å². The van der Waals surface area contributed by atoms with E-state index in [0.29, 0.717) is 11.1 Å². The molecule has 0 bridgehead atoms.